The van der Waals surface area contributed by atoms with Gasteiger partial charge in [0.05, 0.1) is 22.1 Å². The van der Waals surface area contributed by atoms with E-state index >= 15 is 0 Å². The van der Waals surface area contributed by atoms with Crippen LogP contribution in [0, 0.1) is 0 Å². The Hall–Kier alpha value is -4.45. The van der Waals surface area contributed by atoms with Crippen LogP contribution in [-0.4, -0.2) is 38.0 Å². The summed E-state index contributed by atoms with van der Waals surface area (Å²) in [5, 5.41) is 0. The van der Waals surface area contributed by atoms with Gasteiger partial charge >= 0.3 is 0 Å². The summed E-state index contributed by atoms with van der Waals surface area (Å²) in [4.78, 5) is 23.8. The van der Waals surface area contributed by atoms with E-state index in [1.807, 2.05) is 48.5 Å². The molecule has 35 heavy (non-hydrogen) atoms. The first-order valence-corrected chi connectivity index (χ1v) is 12.0. The van der Waals surface area contributed by atoms with Crippen LogP contribution in [0.2, 0.25) is 0 Å². The van der Waals surface area contributed by atoms with Gasteiger partial charge in [-0.3, -0.25) is 0 Å². The largest absolute Gasteiger partial charge is 0.372 e. The number of benzene rings is 3. The van der Waals surface area contributed by atoms with E-state index in [9.17, 15) is 0 Å². The SMILES string of the molecule is CCN(CC)c1ccc(-c2cc(-c3nc4ccccc4[nH]3)nc(-c3nc4ccccc4[nH]3)c2)cc1. The topological polar surface area (TPSA) is 73.5 Å². The number of pyridine rings is 1. The molecule has 0 unspecified atom stereocenters. The standard InChI is InChI=1S/C29H26N6/c1-3-35(4-2)21-15-13-19(14-16-21)20-17-26(28-31-22-9-5-6-10-23(22)32-28)30-27(18-20)29-33-24-11-7-8-12-25(24)34-29/h5-18H,3-4H2,1-2H3,(H,31,32)(H,33,34). The van der Waals surface area contributed by atoms with Crippen LogP contribution in [0.1, 0.15) is 13.8 Å². The zero-order chi connectivity index (χ0) is 23.8. The number of aromatic nitrogens is 5. The molecular formula is C29H26N6. The Balaban J connectivity index is 1.50. The lowest BCUT2D eigenvalue weighted by Crippen LogP contribution is -2.21. The molecule has 3 aromatic carbocycles. The monoisotopic (exact) mass is 458 g/mol. The van der Waals surface area contributed by atoms with Gasteiger partial charge in [0.1, 0.15) is 11.4 Å². The molecule has 6 rings (SSSR count). The van der Waals surface area contributed by atoms with Crippen molar-refractivity contribution in [2.75, 3.05) is 18.0 Å². The van der Waals surface area contributed by atoms with Crippen LogP contribution in [0.3, 0.4) is 0 Å². The summed E-state index contributed by atoms with van der Waals surface area (Å²) in [7, 11) is 0. The fourth-order valence-electron chi connectivity index (χ4n) is 4.54. The highest BCUT2D eigenvalue weighted by molar-refractivity contribution is 5.83. The zero-order valence-electron chi connectivity index (χ0n) is 19.8. The average Bonchev–Trinajstić information content (AvgIpc) is 3.54. The van der Waals surface area contributed by atoms with Gasteiger partial charge in [0.15, 0.2) is 11.6 Å². The van der Waals surface area contributed by atoms with Gasteiger partial charge in [0, 0.05) is 18.8 Å². The maximum Gasteiger partial charge on any atom is 0.157 e. The summed E-state index contributed by atoms with van der Waals surface area (Å²) in [6.45, 7) is 6.33. The molecule has 3 heterocycles. The van der Waals surface area contributed by atoms with Gasteiger partial charge in [0.2, 0.25) is 0 Å². The number of nitrogens with one attached hydrogen (secondary N) is 2. The quantitative estimate of drug-likeness (QED) is 0.292. The van der Waals surface area contributed by atoms with E-state index in [1.54, 1.807) is 0 Å². The summed E-state index contributed by atoms with van der Waals surface area (Å²) in [6, 6.07) is 29.0. The van der Waals surface area contributed by atoms with E-state index in [0.717, 1.165) is 69.3 Å². The van der Waals surface area contributed by atoms with Gasteiger partial charge in [-0.1, -0.05) is 36.4 Å². The number of H-pyrrole nitrogens is 2. The third kappa shape index (κ3) is 3.93. The minimum absolute atomic E-state index is 0.741. The number of rotatable bonds is 6. The van der Waals surface area contributed by atoms with Crippen LogP contribution in [0.5, 0.6) is 0 Å². The Morgan fingerprint density at radius 1 is 0.600 bits per heavy atom. The zero-order valence-corrected chi connectivity index (χ0v) is 19.8. The maximum atomic E-state index is 4.97. The second-order valence-electron chi connectivity index (χ2n) is 8.55. The summed E-state index contributed by atoms with van der Waals surface area (Å²) in [5.74, 6) is 1.48. The fraction of sp³-hybridized carbons (Fsp3) is 0.138. The van der Waals surface area contributed by atoms with E-state index in [-0.39, 0.29) is 0 Å². The van der Waals surface area contributed by atoms with Crippen LogP contribution in [-0.2, 0) is 0 Å². The number of nitrogens with zero attached hydrogens (tertiary/aromatic N) is 4. The molecule has 0 spiro atoms. The van der Waals surface area contributed by atoms with E-state index < -0.39 is 0 Å². The summed E-state index contributed by atoms with van der Waals surface area (Å²) in [6.07, 6.45) is 0. The second kappa shape index (κ2) is 8.72. The summed E-state index contributed by atoms with van der Waals surface area (Å²) in [5.41, 5.74) is 8.79. The Labute approximate surface area is 203 Å². The smallest absolute Gasteiger partial charge is 0.157 e. The van der Waals surface area contributed by atoms with E-state index in [0.29, 0.717) is 0 Å². The third-order valence-electron chi connectivity index (χ3n) is 6.42. The van der Waals surface area contributed by atoms with E-state index in [1.165, 1.54) is 5.69 Å². The van der Waals surface area contributed by atoms with Crippen molar-refractivity contribution in [2.45, 2.75) is 13.8 Å². The normalized spacial score (nSPS) is 11.4. The first-order valence-electron chi connectivity index (χ1n) is 12.0. The summed E-state index contributed by atoms with van der Waals surface area (Å²) < 4.78 is 0. The molecule has 6 aromatic rings. The number of imidazole rings is 2. The van der Waals surface area contributed by atoms with E-state index in [2.05, 4.69) is 65.1 Å². The first-order chi connectivity index (χ1) is 17.2. The Kier molecular flexibility index (Phi) is 5.26. The highest BCUT2D eigenvalue weighted by Gasteiger charge is 2.14. The number of hydrogen-bond donors (Lipinski definition) is 2. The molecule has 0 saturated carbocycles. The van der Waals surface area contributed by atoms with Gasteiger partial charge in [-0.05, 0) is 73.5 Å². The summed E-state index contributed by atoms with van der Waals surface area (Å²) >= 11 is 0. The molecule has 0 radical (unpaired) electrons. The fourth-order valence-corrected chi connectivity index (χ4v) is 4.54. The highest BCUT2D eigenvalue weighted by Crippen LogP contribution is 2.31. The van der Waals surface area contributed by atoms with Crippen molar-refractivity contribution in [3.63, 3.8) is 0 Å². The van der Waals surface area contributed by atoms with Crippen molar-refractivity contribution in [1.29, 1.82) is 0 Å². The molecule has 2 N–H and O–H groups in total. The molecule has 0 aliphatic carbocycles. The van der Waals surface area contributed by atoms with Crippen LogP contribution in [0.25, 0.3) is 56.2 Å². The minimum Gasteiger partial charge on any atom is -0.372 e. The van der Waals surface area contributed by atoms with E-state index in [4.69, 9.17) is 15.0 Å². The van der Waals surface area contributed by atoms with Crippen molar-refractivity contribution < 1.29 is 0 Å². The predicted molar refractivity (Wildman–Crippen MR) is 143 cm³/mol. The van der Waals surface area contributed by atoms with Gasteiger partial charge < -0.3 is 14.9 Å². The molecular weight excluding hydrogens is 432 g/mol. The van der Waals surface area contributed by atoms with Crippen molar-refractivity contribution in [3.8, 4) is 34.2 Å². The van der Waals surface area contributed by atoms with Crippen LogP contribution < -0.4 is 4.90 Å². The number of anilines is 1. The lowest BCUT2D eigenvalue weighted by Gasteiger charge is -2.21. The van der Waals surface area contributed by atoms with Crippen molar-refractivity contribution in [3.05, 3.63) is 84.9 Å². The number of para-hydroxylation sites is 4. The Morgan fingerprint density at radius 2 is 1.11 bits per heavy atom. The van der Waals surface area contributed by atoms with Crippen molar-refractivity contribution in [1.82, 2.24) is 24.9 Å². The molecule has 6 heteroatoms. The number of hydrogen-bond acceptors (Lipinski definition) is 4. The van der Waals surface area contributed by atoms with Gasteiger partial charge in [-0.2, -0.15) is 0 Å². The predicted octanol–water partition coefficient (Wildman–Crippen LogP) is 6.68. The third-order valence-corrected chi connectivity index (χ3v) is 6.42. The Bertz CT molecular complexity index is 1460. The molecule has 0 fully saturated rings. The molecule has 6 nitrogen and oxygen atoms in total. The van der Waals surface area contributed by atoms with Gasteiger partial charge in [0.25, 0.3) is 0 Å². The molecule has 0 atom stereocenters. The lowest BCUT2D eigenvalue weighted by atomic mass is 10.0. The van der Waals surface area contributed by atoms with Crippen molar-refractivity contribution >= 4 is 27.8 Å². The molecule has 0 saturated heterocycles. The molecule has 0 aliphatic rings. The van der Waals surface area contributed by atoms with Crippen LogP contribution in [0.4, 0.5) is 5.69 Å². The number of fused-ring (bicyclic) bond motifs is 2. The first kappa shape index (κ1) is 21.1. The second-order valence-corrected chi connectivity index (χ2v) is 8.55. The molecule has 0 aliphatic heterocycles. The van der Waals surface area contributed by atoms with Crippen LogP contribution >= 0.6 is 0 Å². The van der Waals surface area contributed by atoms with Gasteiger partial charge in [-0.15, -0.1) is 0 Å². The minimum atomic E-state index is 0.741. The molecule has 0 amide bonds. The van der Waals surface area contributed by atoms with Gasteiger partial charge in [-0.25, -0.2) is 15.0 Å². The maximum absolute atomic E-state index is 4.97. The molecule has 3 aromatic heterocycles. The van der Waals surface area contributed by atoms with Crippen molar-refractivity contribution in [2.24, 2.45) is 0 Å². The highest BCUT2D eigenvalue weighted by atomic mass is 15.1. The average molecular weight is 459 g/mol. The Morgan fingerprint density at radius 3 is 1.60 bits per heavy atom. The molecule has 0 bridgehead atoms. The lowest BCUT2D eigenvalue weighted by molar-refractivity contribution is 0.866. The molecule has 172 valence electrons. The number of aromatic amines is 2. The van der Waals surface area contributed by atoms with Crippen LogP contribution in [0.15, 0.2) is 84.9 Å².